The zero-order valence-corrected chi connectivity index (χ0v) is 26.9. The van der Waals surface area contributed by atoms with Gasteiger partial charge in [0.2, 0.25) is 0 Å². The quantitative estimate of drug-likeness (QED) is 0.0862. The summed E-state index contributed by atoms with van der Waals surface area (Å²) in [7, 11) is -14.4. The molecule has 5 aromatic rings. The van der Waals surface area contributed by atoms with Gasteiger partial charge in [-0.1, -0.05) is 23.8 Å². The van der Waals surface area contributed by atoms with Crippen molar-refractivity contribution in [1.29, 1.82) is 0 Å². The van der Waals surface area contributed by atoms with Crippen LogP contribution in [0.2, 0.25) is 0 Å². The van der Waals surface area contributed by atoms with Crippen molar-refractivity contribution in [3.63, 3.8) is 0 Å². The van der Waals surface area contributed by atoms with Crippen molar-refractivity contribution in [2.75, 3.05) is 0 Å². The number of aryl methyl sites for hydroxylation is 3. The lowest BCUT2D eigenvalue weighted by atomic mass is 10.1. The molecule has 5 aromatic carbocycles. The van der Waals surface area contributed by atoms with Gasteiger partial charge < -0.3 is 10.2 Å². The molecule has 0 fully saturated rings. The number of benzene rings is 5. The van der Waals surface area contributed by atoms with E-state index in [1.165, 1.54) is 18.2 Å². The number of aromatic hydroxyl groups is 2. The minimum Gasteiger partial charge on any atom is -0.507 e. The average molecular weight is 701 g/mol. The largest absolute Gasteiger partial charge is 0.507 e. The molecule has 244 valence electrons. The minimum atomic E-state index is -4.83. The van der Waals surface area contributed by atoms with Crippen molar-refractivity contribution in [2.24, 2.45) is 20.5 Å². The van der Waals surface area contributed by atoms with Gasteiger partial charge in [-0.05, 0) is 79.1 Å². The summed E-state index contributed by atoms with van der Waals surface area (Å²) in [6.45, 7) is 4.99. The van der Waals surface area contributed by atoms with E-state index in [4.69, 9.17) is 0 Å². The topological polar surface area (TPSA) is 253 Å². The Hall–Kier alpha value is -4.85. The molecule has 0 aromatic heterocycles. The van der Waals surface area contributed by atoms with Crippen molar-refractivity contribution in [1.82, 2.24) is 0 Å². The fourth-order valence-electron chi connectivity index (χ4n) is 4.77. The highest BCUT2D eigenvalue weighted by molar-refractivity contribution is 7.86. The Balaban J connectivity index is 1.59. The molecule has 0 spiro atoms. The number of fused-ring (bicyclic) bond motifs is 2. The molecule has 5 rings (SSSR count). The maximum Gasteiger partial charge on any atom is 0.296 e. The summed E-state index contributed by atoms with van der Waals surface area (Å²) in [5.74, 6) is -1.18. The zero-order chi connectivity index (χ0) is 34.6. The van der Waals surface area contributed by atoms with Crippen LogP contribution < -0.4 is 0 Å². The molecular weight excluding hydrogens is 677 g/mol. The summed E-state index contributed by atoms with van der Waals surface area (Å²) in [4.78, 5) is -2.07. The van der Waals surface area contributed by atoms with Crippen LogP contribution in [-0.2, 0) is 30.4 Å². The Morgan fingerprint density at radius 2 is 1.09 bits per heavy atom. The Morgan fingerprint density at radius 3 is 1.64 bits per heavy atom. The molecule has 0 atom stereocenters. The van der Waals surface area contributed by atoms with Crippen molar-refractivity contribution < 1.29 is 49.1 Å². The van der Waals surface area contributed by atoms with Gasteiger partial charge in [-0.3, -0.25) is 13.7 Å². The third-order valence-corrected chi connectivity index (χ3v) is 9.60. The fraction of sp³-hybridized carbons (Fsp3) is 0.103. The Bertz CT molecular complexity index is 2540. The normalized spacial score (nSPS) is 13.0. The second kappa shape index (κ2) is 11.7. The number of phenolic OH excluding ortho intramolecular Hbond substituents is 2. The van der Waals surface area contributed by atoms with Gasteiger partial charge in [-0.15, -0.1) is 10.2 Å². The number of azo groups is 2. The molecule has 0 bridgehead atoms. The van der Waals surface area contributed by atoms with Gasteiger partial charge in [-0.25, -0.2) is 0 Å². The number of hydrogen-bond acceptors (Lipinski definition) is 12. The molecule has 0 heterocycles. The molecule has 0 aliphatic heterocycles. The van der Waals surface area contributed by atoms with Crippen LogP contribution in [0.1, 0.15) is 16.7 Å². The van der Waals surface area contributed by atoms with Crippen molar-refractivity contribution in [3.05, 3.63) is 77.4 Å². The van der Waals surface area contributed by atoms with E-state index in [2.05, 4.69) is 20.5 Å². The molecule has 0 aliphatic carbocycles. The first kappa shape index (κ1) is 33.5. The Morgan fingerprint density at radius 1 is 0.553 bits per heavy atom. The summed E-state index contributed by atoms with van der Waals surface area (Å²) in [5.41, 5.74) is 1.37. The maximum atomic E-state index is 12.2. The Kier molecular flexibility index (Phi) is 8.37. The summed E-state index contributed by atoms with van der Waals surface area (Å²) < 4.78 is 100. The predicted molar refractivity (Wildman–Crippen MR) is 170 cm³/mol. The van der Waals surface area contributed by atoms with Gasteiger partial charge in [0.1, 0.15) is 16.3 Å². The zero-order valence-electron chi connectivity index (χ0n) is 24.5. The van der Waals surface area contributed by atoms with Crippen molar-refractivity contribution in [2.45, 2.75) is 35.5 Å². The van der Waals surface area contributed by atoms with E-state index in [9.17, 15) is 49.1 Å². The van der Waals surface area contributed by atoms with Gasteiger partial charge >= 0.3 is 0 Å². The lowest BCUT2D eigenvalue weighted by Crippen LogP contribution is -2.00. The first-order valence-electron chi connectivity index (χ1n) is 13.2. The van der Waals surface area contributed by atoms with Crippen molar-refractivity contribution >= 4 is 74.6 Å². The van der Waals surface area contributed by atoms with Gasteiger partial charge in [0.05, 0.1) is 32.2 Å². The second-order valence-corrected chi connectivity index (χ2v) is 14.8. The molecular formula is C29H24N4O11S3. The van der Waals surface area contributed by atoms with E-state index in [1.807, 2.05) is 0 Å². The average Bonchev–Trinajstić information content (AvgIpc) is 2.95. The van der Waals surface area contributed by atoms with Gasteiger partial charge in [-0.2, -0.15) is 35.5 Å². The Labute approximate surface area is 267 Å². The second-order valence-electron chi connectivity index (χ2n) is 10.5. The molecule has 18 heteroatoms. The number of phenols is 2. The lowest BCUT2D eigenvalue weighted by Gasteiger charge is -2.10. The highest BCUT2D eigenvalue weighted by atomic mass is 32.2. The molecule has 15 nitrogen and oxygen atoms in total. The smallest absolute Gasteiger partial charge is 0.296 e. The highest BCUT2D eigenvalue weighted by Crippen LogP contribution is 2.43. The standard InChI is InChI=1S/C29H24N4O11S3/c1-14-4-5-21-17(6-14)11-26(47(42,43)44)28(29(21)35)33-31-23-8-15(2)22(7-16(23)3)30-32-24-12-19(45(36,37)38)9-18-10-20(46(39,40)41)13-25(34)27(18)24/h4-13,34-35H,1-3H3,(H,36,37,38)(H,39,40,41)(H,42,43,44)/b32-30+,33-31+. The first-order valence-corrected chi connectivity index (χ1v) is 17.5. The van der Waals surface area contributed by atoms with Crippen LogP contribution in [0.4, 0.5) is 22.7 Å². The monoisotopic (exact) mass is 700 g/mol. The van der Waals surface area contributed by atoms with Crippen LogP contribution in [-0.4, -0.2) is 49.1 Å². The summed E-state index contributed by atoms with van der Waals surface area (Å²) >= 11 is 0. The third-order valence-electron chi connectivity index (χ3n) is 7.07. The maximum absolute atomic E-state index is 12.2. The number of nitrogens with zero attached hydrogens (tertiary/aromatic N) is 4. The molecule has 0 radical (unpaired) electrons. The fourth-order valence-corrected chi connectivity index (χ4v) is 6.50. The molecule has 0 unspecified atom stereocenters. The van der Waals surface area contributed by atoms with Crippen LogP contribution in [0.3, 0.4) is 0 Å². The van der Waals surface area contributed by atoms with Gasteiger partial charge in [0, 0.05) is 11.5 Å². The van der Waals surface area contributed by atoms with Crippen LogP contribution >= 0.6 is 0 Å². The molecule has 0 amide bonds. The molecule has 47 heavy (non-hydrogen) atoms. The van der Waals surface area contributed by atoms with Gasteiger partial charge in [0.15, 0.2) is 5.75 Å². The molecule has 5 N–H and O–H groups in total. The molecule has 0 saturated carbocycles. The van der Waals surface area contributed by atoms with E-state index in [1.54, 1.807) is 39.0 Å². The van der Waals surface area contributed by atoms with Crippen LogP contribution in [0.15, 0.2) is 95.8 Å². The van der Waals surface area contributed by atoms with Crippen LogP contribution in [0, 0.1) is 20.8 Å². The van der Waals surface area contributed by atoms with E-state index < -0.39 is 62.2 Å². The highest BCUT2D eigenvalue weighted by Gasteiger charge is 2.23. The summed E-state index contributed by atoms with van der Waals surface area (Å²) in [6.07, 6.45) is 0. The SMILES string of the molecule is Cc1ccc2c(O)c(/N=N/c3cc(C)c(/N=N/c4cc(S(=O)(=O)O)cc5cc(S(=O)(=O)O)cc(O)c45)cc3C)c(S(=O)(=O)O)cc2c1. The number of hydrogen-bond donors (Lipinski definition) is 5. The van der Waals surface area contributed by atoms with E-state index in [0.29, 0.717) is 16.5 Å². The minimum absolute atomic E-state index is 0.131. The van der Waals surface area contributed by atoms with Crippen molar-refractivity contribution in [3.8, 4) is 11.5 Å². The van der Waals surface area contributed by atoms with E-state index in [-0.39, 0.29) is 33.2 Å². The van der Waals surface area contributed by atoms with Crippen LogP contribution in [0.5, 0.6) is 11.5 Å². The third kappa shape index (κ3) is 6.82. The van der Waals surface area contributed by atoms with Gasteiger partial charge in [0.25, 0.3) is 30.4 Å². The summed E-state index contributed by atoms with van der Waals surface area (Å²) in [5, 5.41) is 37.9. The molecule has 0 saturated heterocycles. The van der Waals surface area contributed by atoms with E-state index >= 15 is 0 Å². The lowest BCUT2D eigenvalue weighted by molar-refractivity contribution is 0.471. The van der Waals surface area contributed by atoms with E-state index in [0.717, 1.165) is 29.8 Å². The number of rotatable bonds is 7. The summed E-state index contributed by atoms with van der Waals surface area (Å²) in [6, 6.07) is 12.5. The predicted octanol–water partition coefficient (Wildman–Crippen LogP) is 6.90. The first-order chi connectivity index (χ1) is 21.7. The van der Waals surface area contributed by atoms with Crippen LogP contribution in [0.25, 0.3) is 21.5 Å². The molecule has 0 aliphatic rings.